The van der Waals surface area contributed by atoms with Gasteiger partial charge in [0.2, 0.25) is 0 Å². The first-order chi connectivity index (χ1) is 9.72. The molecule has 1 atom stereocenters. The molecular formula is C16H19NO3. The third-order valence-electron chi connectivity index (χ3n) is 3.41. The number of nitrogens with zero attached hydrogens (tertiary/aromatic N) is 1. The lowest BCUT2D eigenvalue weighted by Gasteiger charge is -2.31. The van der Waals surface area contributed by atoms with Gasteiger partial charge in [-0.25, -0.2) is 0 Å². The minimum absolute atomic E-state index is 0.0215. The Bertz CT molecular complexity index is 484. The van der Waals surface area contributed by atoms with Crippen LogP contribution in [0.5, 0.6) is 0 Å². The monoisotopic (exact) mass is 273 g/mol. The molecule has 1 amide bonds. The molecular weight excluding hydrogens is 254 g/mol. The molecule has 0 N–H and O–H groups in total. The highest BCUT2D eigenvalue weighted by atomic mass is 16.5. The maximum Gasteiger partial charge on any atom is 0.311 e. The van der Waals surface area contributed by atoms with Crippen molar-refractivity contribution in [2.45, 2.75) is 12.8 Å². The molecule has 106 valence electrons. The summed E-state index contributed by atoms with van der Waals surface area (Å²) in [5, 5.41) is 0. The van der Waals surface area contributed by atoms with Gasteiger partial charge in [0.1, 0.15) is 6.61 Å². The van der Waals surface area contributed by atoms with Gasteiger partial charge in [-0.05, 0) is 25.0 Å². The fourth-order valence-corrected chi connectivity index (χ4v) is 2.38. The molecule has 1 aromatic carbocycles. The molecule has 0 saturated carbocycles. The quantitative estimate of drug-likeness (QED) is 0.624. The van der Waals surface area contributed by atoms with Crippen LogP contribution in [0.1, 0.15) is 23.2 Å². The number of piperidine rings is 1. The molecule has 0 aliphatic carbocycles. The van der Waals surface area contributed by atoms with Crippen molar-refractivity contribution in [2.75, 3.05) is 19.7 Å². The van der Waals surface area contributed by atoms with Crippen molar-refractivity contribution >= 4 is 11.9 Å². The smallest absolute Gasteiger partial charge is 0.311 e. The van der Waals surface area contributed by atoms with Crippen LogP contribution in [-0.4, -0.2) is 36.5 Å². The van der Waals surface area contributed by atoms with Gasteiger partial charge in [0.15, 0.2) is 0 Å². The van der Waals surface area contributed by atoms with E-state index in [1.807, 2.05) is 18.2 Å². The topological polar surface area (TPSA) is 46.6 Å². The molecule has 1 aromatic rings. The number of ether oxygens (including phenoxy) is 1. The predicted molar refractivity (Wildman–Crippen MR) is 76.2 cm³/mol. The van der Waals surface area contributed by atoms with Crippen LogP contribution in [0.4, 0.5) is 0 Å². The highest BCUT2D eigenvalue weighted by Crippen LogP contribution is 2.19. The Labute approximate surface area is 119 Å². The molecule has 1 saturated heterocycles. The number of amides is 1. The van der Waals surface area contributed by atoms with Gasteiger partial charge in [-0.15, -0.1) is 0 Å². The van der Waals surface area contributed by atoms with Crippen LogP contribution in [0.2, 0.25) is 0 Å². The lowest BCUT2D eigenvalue weighted by atomic mass is 9.97. The minimum Gasteiger partial charge on any atom is -0.461 e. The number of rotatable bonds is 4. The fourth-order valence-electron chi connectivity index (χ4n) is 2.38. The summed E-state index contributed by atoms with van der Waals surface area (Å²) in [5.74, 6) is -0.487. The summed E-state index contributed by atoms with van der Waals surface area (Å²) in [6.45, 7) is 4.87. The van der Waals surface area contributed by atoms with Gasteiger partial charge in [0, 0.05) is 18.7 Å². The van der Waals surface area contributed by atoms with E-state index in [1.54, 1.807) is 23.1 Å². The molecule has 1 aliphatic heterocycles. The van der Waals surface area contributed by atoms with Crippen molar-refractivity contribution < 1.29 is 14.3 Å². The Morgan fingerprint density at radius 1 is 1.35 bits per heavy atom. The molecule has 0 spiro atoms. The first kappa shape index (κ1) is 14.3. The van der Waals surface area contributed by atoms with Crippen LogP contribution in [0, 0.1) is 5.92 Å². The fraction of sp³-hybridized carbons (Fsp3) is 0.375. The first-order valence-electron chi connectivity index (χ1n) is 6.84. The average Bonchev–Trinajstić information content (AvgIpc) is 2.52. The second-order valence-electron chi connectivity index (χ2n) is 4.88. The van der Waals surface area contributed by atoms with E-state index in [9.17, 15) is 9.59 Å². The number of carbonyl (C=O) groups excluding carboxylic acids is 2. The van der Waals surface area contributed by atoms with E-state index in [4.69, 9.17) is 4.74 Å². The van der Waals surface area contributed by atoms with E-state index in [-0.39, 0.29) is 24.4 Å². The summed E-state index contributed by atoms with van der Waals surface area (Å²) in [5.41, 5.74) is 0.660. The summed E-state index contributed by atoms with van der Waals surface area (Å²) in [4.78, 5) is 25.9. The zero-order chi connectivity index (χ0) is 14.4. The van der Waals surface area contributed by atoms with Crippen molar-refractivity contribution in [3.63, 3.8) is 0 Å². The third-order valence-corrected chi connectivity index (χ3v) is 3.41. The molecule has 1 aliphatic rings. The Morgan fingerprint density at radius 2 is 2.10 bits per heavy atom. The molecule has 2 rings (SSSR count). The van der Waals surface area contributed by atoms with E-state index >= 15 is 0 Å². The van der Waals surface area contributed by atoms with Crippen LogP contribution in [0.3, 0.4) is 0 Å². The minimum atomic E-state index is -0.240. The predicted octanol–water partition coefficient (Wildman–Crippen LogP) is 2.27. The van der Waals surface area contributed by atoms with E-state index in [0.29, 0.717) is 18.7 Å². The SMILES string of the molecule is C=CCOC(=O)C1CCCN(C(=O)c2ccccc2)C1. The molecule has 0 aromatic heterocycles. The molecule has 20 heavy (non-hydrogen) atoms. The molecule has 4 nitrogen and oxygen atoms in total. The van der Waals surface area contributed by atoms with E-state index in [1.165, 1.54) is 0 Å². The summed E-state index contributed by atoms with van der Waals surface area (Å²) in [6, 6.07) is 9.15. The van der Waals surface area contributed by atoms with E-state index in [0.717, 1.165) is 12.8 Å². The van der Waals surface area contributed by atoms with Crippen molar-refractivity contribution in [2.24, 2.45) is 5.92 Å². The van der Waals surface area contributed by atoms with Gasteiger partial charge >= 0.3 is 5.97 Å². The summed E-state index contributed by atoms with van der Waals surface area (Å²) in [7, 11) is 0. The van der Waals surface area contributed by atoms with Crippen molar-refractivity contribution in [3.8, 4) is 0 Å². The van der Waals surface area contributed by atoms with Crippen molar-refractivity contribution in [3.05, 3.63) is 48.6 Å². The second-order valence-corrected chi connectivity index (χ2v) is 4.88. The van der Waals surface area contributed by atoms with Crippen LogP contribution >= 0.6 is 0 Å². The van der Waals surface area contributed by atoms with Gasteiger partial charge in [-0.3, -0.25) is 9.59 Å². The van der Waals surface area contributed by atoms with Crippen molar-refractivity contribution in [1.82, 2.24) is 4.90 Å². The number of hydrogen-bond acceptors (Lipinski definition) is 3. The maximum absolute atomic E-state index is 12.3. The van der Waals surface area contributed by atoms with Crippen LogP contribution in [0.25, 0.3) is 0 Å². The molecule has 0 bridgehead atoms. The zero-order valence-corrected chi connectivity index (χ0v) is 11.5. The Balaban J connectivity index is 1.98. The normalized spacial score (nSPS) is 18.4. The Hall–Kier alpha value is -2.10. The average molecular weight is 273 g/mol. The van der Waals surface area contributed by atoms with Crippen LogP contribution in [0.15, 0.2) is 43.0 Å². The Morgan fingerprint density at radius 3 is 2.80 bits per heavy atom. The maximum atomic E-state index is 12.3. The van der Waals surface area contributed by atoms with Gasteiger partial charge in [-0.2, -0.15) is 0 Å². The second kappa shape index (κ2) is 6.89. The number of benzene rings is 1. The molecule has 1 heterocycles. The highest BCUT2D eigenvalue weighted by Gasteiger charge is 2.29. The standard InChI is InChI=1S/C16H19NO3/c1-2-11-20-16(19)14-9-6-10-17(12-14)15(18)13-7-4-3-5-8-13/h2-5,7-8,14H,1,6,9-12H2. The zero-order valence-electron chi connectivity index (χ0n) is 11.5. The molecule has 1 unspecified atom stereocenters. The third kappa shape index (κ3) is 3.47. The number of likely N-dealkylation sites (tertiary alicyclic amines) is 1. The van der Waals surface area contributed by atoms with Gasteiger partial charge < -0.3 is 9.64 Å². The van der Waals surface area contributed by atoms with E-state index in [2.05, 4.69) is 6.58 Å². The number of hydrogen-bond donors (Lipinski definition) is 0. The molecule has 4 heteroatoms. The van der Waals surface area contributed by atoms with Gasteiger partial charge in [0.25, 0.3) is 5.91 Å². The first-order valence-corrected chi connectivity index (χ1v) is 6.84. The van der Waals surface area contributed by atoms with Crippen LogP contribution in [-0.2, 0) is 9.53 Å². The highest BCUT2D eigenvalue weighted by molar-refractivity contribution is 5.94. The number of esters is 1. The summed E-state index contributed by atoms with van der Waals surface area (Å²) >= 11 is 0. The lowest BCUT2D eigenvalue weighted by Crippen LogP contribution is -2.42. The molecule has 1 fully saturated rings. The van der Waals surface area contributed by atoms with E-state index < -0.39 is 0 Å². The Kier molecular flexibility index (Phi) is 4.93. The summed E-state index contributed by atoms with van der Waals surface area (Å²) < 4.78 is 5.07. The van der Waals surface area contributed by atoms with Gasteiger partial charge in [-0.1, -0.05) is 30.9 Å². The van der Waals surface area contributed by atoms with Crippen molar-refractivity contribution in [1.29, 1.82) is 0 Å². The lowest BCUT2D eigenvalue weighted by molar-refractivity contribution is -0.148. The molecule has 0 radical (unpaired) electrons. The number of carbonyl (C=O) groups is 2. The largest absolute Gasteiger partial charge is 0.461 e. The van der Waals surface area contributed by atoms with Crippen LogP contribution < -0.4 is 0 Å². The van der Waals surface area contributed by atoms with Gasteiger partial charge in [0.05, 0.1) is 5.92 Å². The summed E-state index contributed by atoms with van der Waals surface area (Å²) in [6.07, 6.45) is 3.15.